The van der Waals surface area contributed by atoms with Crippen LogP contribution in [0.3, 0.4) is 0 Å². The highest BCUT2D eigenvalue weighted by atomic mass is 35.5. The molecule has 0 aliphatic rings. The van der Waals surface area contributed by atoms with E-state index in [-0.39, 0.29) is 5.69 Å². The summed E-state index contributed by atoms with van der Waals surface area (Å²) in [6.07, 6.45) is 0. The summed E-state index contributed by atoms with van der Waals surface area (Å²) in [5.74, 6) is 0.435. The molecule has 0 aromatic heterocycles. The minimum Gasteiger partial charge on any atom is -0.457 e. The van der Waals surface area contributed by atoms with Gasteiger partial charge in [-0.15, -0.1) is 0 Å². The minimum absolute atomic E-state index is 0.0958. The highest BCUT2D eigenvalue weighted by Crippen LogP contribution is 2.26. The molecule has 2 N–H and O–H groups in total. The van der Waals surface area contributed by atoms with Gasteiger partial charge in [0.2, 0.25) is 0 Å². The lowest BCUT2D eigenvalue weighted by Gasteiger charge is -2.06. The van der Waals surface area contributed by atoms with Crippen molar-refractivity contribution >= 4 is 17.3 Å². The van der Waals surface area contributed by atoms with Crippen molar-refractivity contribution in [2.24, 2.45) is 0 Å². The smallest absolute Gasteiger partial charge is 0.149 e. The molecule has 0 bridgehead atoms. The Balaban J connectivity index is 2.24. The molecule has 0 fully saturated rings. The Labute approximate surface area is 97.4 Å². The van der Waals surface area contributed by atoms with Crippen LogP contribution in [0.4, 0.5) is 10.1 Å². The highest BCUT2D eigenvalue weighted by molar-refractivity contribution is 6.30. The first-order valence-electron chi connectivity index (χ1n) is 4.63. The summed E-state index contributed by atoms with van der Waals surface area (Å²) in [6, 6.07) is 11.2. The monoisotopic (exact) mass is 237 g/mol. The summed E-state index contributed by atoms with van der Waals surface area (Å²) in [7, 11) is 0. The Morgan fingerprint density at radius 3 is 2.50 bits per heavy atom. The number of hydrogen-bond donors (Lipinski definition) is 1. The SMILES string of the molecule is Nc1ccc(Oc2cccc(Cl)c2)cc1F. The standard InChI is InChI=1S/C12H9ClFNO/c13-8-2-1-3-9(6-8)16-10-4-5-12(15)11(14)7-10/h1-7H,15H2. The maximum atomic E-state index is 13.1. The molecular weight excluding hydrogens is 229 g/mol. The number of halogens is 2. The lowest BCUT2D eigenvalue weighted by atomic mass is 10.3. The van der Waals surface area contributed by atoms with Gasteiger partial charge in [-0.25, -0.2) is 4.39 Å². The Morgan fingerprint density at radius 2 is 1.81 bits per heavy atom. The van der Waals surface area contributed by atoms with Crippen LogP contribution in [-0.2, 0) is 0 Å². The third kappa shape index (κ3) is 2.44. The van der Waals surface area contributed by atoms with E-state index in [9.17, 15) is 4.39 Å². The largest absolute Gasteiger partial charge is 0.457 e. The van der Waals surface area contributed by atoms with E-state index in [0.717, 1.165) is 0 Å². The topological polar surface area (TPSA) is 35.2 Å². The zero-order chi connectivity index (χ0) is 11.5. The van der Waals surface area contributed by atoms with Gasteiger partial charge >= 0.3 is 0 Å². The zero-order valence-corrected chi connectivity index (χ0v) is 9.04. The molecule has 0 unspecified atom stereocenters. The maximum absolute atomic E-state index is 13.1. The van der Waals surface area contributed by atoms with Crippen LogP contribution in [0.5, 0.6) is 11.5 Å². The third-order valence-corrected chi connectivity index (χ3v) is 2.24. The van der Waals surface area contributed by atoms with Crippen molar-refractivity contribution in [3.05, 3.63) is 53.3 Å². The van der Waals surface area contributed by atoms with E-state index in [1.165, 1.54) is 12.1 Å². The van der Waals surface area contributed by atoms with E-state index in [2.05, 4.69) is 0 Å². The molecule has 0 saturated carbocycles. The van der Waals surface area contributed by atoms with Crippen LogP contribution in [-0.4, -0.2) is 0 Å². The van der Waals surface area contributed by atoms with Crippen LogP contribution in [0.2, 0.25) is 5.02 Å². The normalized spacial score (nSPS) is 10.1. The van der Waals surface area contributed by atoms with Crippen molar-refractivity contribution in [2.45, 2.75) is 0 Å². The van der Waals surface area contributed by atoms with Gasteiger partial charge in [0.05, 0.1) is 5.69 Å². The van der Waals surface area contributed by atoms with Crippen LogP contribution in [0.25, 0.3) is 0 Å². The molecule has 2 nitrogen and oxygen atoms in total. The molecular formula is C12H9ClFNO. The van der Waals surface area contributed by atoms with E-state index in [1.54, 1.807) is 30.3 Å². The molecule has 0 spiro atoms. The highest BCUT2D eigenvalue weighted by Gasteiger charge is 2.02. The fourth-order valence-electron chi connectivity index (χ4n) is 1.24. The van der Waals surface area contributed by atoms with E-state index < -0.39 is 5.82 Å². The molecule has 0 heterocycles. The molecule has 2 rings (SSSR count). The van der Waals surface area contributed by atoms with Crippen LogP contribution >= 0.6 is 11.6 Å². The van der Waals surface area contributed by atoms with Crippen molar-refractivity contribution in [3.63, 3.8) is 0 Å². The van der Waals surface area contributed by atoms with Gasteiger partial charge in [0.25, 0.3) is 0 Å². The van der Waals surface area contributed by atoms with Crippen LogP contribution < -0.4 is 10.5 Å². The van der Waals surface area contributed by atoms with Crippen molar-refractivity contribution in [2.75, 3.05) is 5.73 Å². The first kappa shape index (κ1) is 10.8. The number of ether oxygens (including phenoxy) is 1. The van der Waals surface area contributed by atoms with Crippen LogP contribution in [0.1, 0.15) is 0 Å². The Bertz CT molecular complexity index is 516. The number of anilines is 1. The summed E-state index contributed by atoms with van der Waals surface area (Å²) in [5, 5.41) is 0.563. The minimum atomic E-state index is -0.500. The van der Waals surface area contributed by atoms with Crippen molar-refractivity contribution < 1.29 is 9.13 Å². The number of benzene rings is 2. The maximum Gasteiger partial charge on any atom is 0.149 e. The summed E-state index contributed by atoms with van der Waals surface area (Å²) in [5.41, 5.74) is 5.45. The fraction of sp³-hybridized carbons (Fsp3) is 0. The number of nitrogen functional groups attached to an aromatic ring is 1. The van der Waals surface area contributed by atoms with Crippen LogP contribution in [0.15, 0.2) is 42.5 Å². The lowest BCUT2D eigenvalue weighted by molar-refractivity contribution is 0.477. The molecule has 16 heavy (non-hydrogen) atoms. The Hall–Kier alpha value is -1.74. The van der Waals surface area contributed by atoms with Crippen molar-refractivity contribution in [3.8, 4) is 11.5 Å². The fourth-order valence-corrected chi connectivity index (χ4v) is 1.42. The summed E-state index contributed by atoms with van der Waals surface area (Å²) in [4.78, 5) is 0. The van der Waals surface area contributed by atoms with E-state index in [0.29, 0.717) is 16.5 Å². The Morgan fingerprint density at radius 1 is 1.06 bits per heavy atom. The van der Waals surface area contributed by atoms with Gasteiger partial charge in [-0.1, -0.05) is 17.7 Å². The molecule has 0 saturated heterocycles. The molecule has 2 aromatic rings. The second-order valence-corrected chi connectivity index (χ2v) is 3.68. The second kappa shape index (κ2) is 4.41. The van der Waals surface area contributed by atoms with E-state index in [4.69, 9.17) is 22.1 Å². The number of rotatable bonds is 2. The molecule has 0 aliphatic heterocycles. The van der Waals surface area contributed by atoms with Gasteiger partial charge in [-0.2, -0.15) is 0 Å². The summed E-state index contributed by atoms with van der Waals surface area (Å²) < 4.78 is 18.5. The molecule has 0 aliphatic carbocycles. The lowest BCUT2D eigenvalue weighted by Crippen LogP contribution is -1.91. The third-order valence-electron chi connectivity index (χ3n) is 2.00. The molecule has 0 radical (unpaired) electrons. The van der Waals surface area contributed by atoms with Gasteiger partial charge in [-0.05, 0) is 30.3 Å². The predicted octanol–water partition coefficient (Wildman–Crippen LogP) is 3.85. The number of hydrogen-bond acceptors (Lipinski definition) is 2. The van der Waals surface area contributed by atoms with Gasteiger partial charge in [0.15, 0.2) is 0 Å². The van der Waals surface area contributed by atoms with Crippen LogP contribution in [0, 0.1) is 5.82 Å². The number of nitrogens with two attached hydrogens (primary N) is 1. The first-order chi connectivity index (χ1) is 7.65. The van der Waals surface area contributed by atoms with E-state index >= 15 is 0 Å². The molecule has 0 atom stereocenters. The molecule has 2 aromatic carbocycles. The average Bonchev–Trinajstić information content (AvgIpc) is 2.24. The van der Waals surface area contributed by atoms with Gasteiger partial charge in [-0.3, -0.25) is 0 Å². The summed E-state index contributed by atoms with van der Waals surface area (Å²) in [6.45, 7) is 0. The van der Waals surface area contributed by atoms with E-state index in [1.807, 2.05) is 0 Å². The second-order valence-electron chi connectivity index (χ2n) is 3.24. The average molecular weight is 238 g/mol. The van der Waals surface area contributed by atoms with Gasteiger partial charge < -0.3 is 10.5 Å². The van der Waals surface area contributed by atoms with Crippen molar-refractivity contribution in [1.82, 2.24) is 0 Å². The quantitative estimate of drug-likeness (QED) is 0.805. The van der Waals surface area contributed by atoms with Crippen molar-refractivity contribution in [1.29, 1.82) is 0 Å². The van der Waals surface area contributed by atoms with Gasteiger partial charge in [0, 0.05) is 11.1 Å². The zero-order valence-electron chi connectivity index (χ0n) is 8.28. The predicted molar refractivity (Wildman–Crippen MR) is 62.3 cm³/mol. The van der Waals surface area contributed by atoms with Gasteiger partial charge in [0.1, 0.15) is 17.3 Å². The molecule has 4 heteroatoms. The molecule has 82 valence electrons. The first-order valence-corrected chi connectivity index (χ1v) is 5.01. The molecule has 0 amide bonds. The Kier molecular flexibility index (Phi) is 2.97. The summed E-state index contributed by atoms with van der Waals surface area (Å²) >= 11 is 5.79.